The number of carbonyl (C=O) groups is 1. The SMILES string of the molecule is Cc1ccc(C(NC(=O)c2cccc(OCc3cscn3)c2)C2CC2)cc1. The normalized spacial score (nSPS) is 14.6. The highest BCUT2D eigenvalue weighted by atomic mass is 32.1. The first-order valence-corrected chi connectivity index (χ1v) is 10.1. The van der Waals surface area contributed by atoms with E-state index in [1.165, 1.54) is 11.1 Å². The van der Waals surface area contributed by atoms with Gasteiger partial charge in [0.1, 0.15) is 12.4 Å². The maximum atomic E-state index is 12.8. The van der Waals surface area contributed by atoms with Crippen molar-refractivity contribution in [3.8, 4) is 5.75 Å². The third-order valence-corrected chi connectivity index (χ3v) is 5.42. The third-order valence-electron chi connectivity index (χ3n) is 4.78. The lowest BCUT2D eigenvalue weighted by Gasteiger charge is -2.19. The largest absolute Gasteiger partial charge is 0.487 e. The molecular weight excluding hydrogens is 356 g/mol. The van der Waals surface area contributed by atoms with E-state index in [-0.39, 0.29) is 11.9 Å². The van der Waals surface area contributed by atoms with Crippen LogP contribution in [0.15, 0.2) is 59.4 Å². The second kappa shape index (κ2) is 7.92. The molecule has 2 aromatic carbocycles. The van der Waals surface area contributed by atoms with Crippen molar-refractivity contribution in [2.24, 2.45) is 5.92 Å². The van der Waals surface area contributed by atoms with E-state index < -0.39 is 0 Å². The molecule has 0 spiro atoms. The van der Waals surface area contributed by atoms with Crippen LogP contribution in [0.2, 0.25) is 0 Å². The van der Waals surface area contributed by atoms with Gasteiger partial charge in [-0.15, -0.1) is 11.3 Å². The Bertz CT molecular complexity index is 902. The number of amides is 1. The number of nitrogens with zero attached hydrogens (tertiary/aromatic N) is 1. The lowest BCUT2D eigenvalue weighted by molar-refractivity contribution is 0.0931. The molecule has 1 atom stereocenters. The van der Waals surface area contributed by atoms with Gasteiger partial charge in [0.15, 0.2) is 0 Å². The zero-order valence-electron chi connectivity index (χ0n) is 15.2. The third kappa shape index (κ3) is 4.55. The van der Waals surface area contributed by atoms with Crippen molar-refractivity contribution in [2.75, 3.05) is 0 Å². The average Bonchev–Trinajstić information content (AvgIpc) is 3.40. The summed E-state index contributed by atoms with van der Waals surface area (Å²) < 4.78 is 5.77. The van der Waals surface area contributed by atoms with Crippen molar-refractivity contribution in [1.82, 2.24) is 10.3 Å². The molecule has 1 unspecified atom stereocenters. The molecule has 0 aliphatic heterocycles. The second-order valence-corrected chi connectivity index (χ2v) is 7.71. The maximum absolute atomic E-state index is 12.8. The molecule has 1 aliphatic rings. The van der Waals surface area contributed by atoms with Crippen molar-refractivity contribution in [3.63, 3.8) is 0 Å². The Kier molecular flexibility index (Phi) is 5.21. The number of benzene rings is 2. The first-order valence-electron chi connectivity index (χ1n) is 9.16. The summed E-state index contributed by atoms with van der Waals surface area (Å²) in [6.07, 6.45) is 2.32. The number of carbonyl (C=O) groups excluding carboxylic acids is 1. The van der Waals surface area contributed by atoms with Crippen molar-refractivity contribution in [1.29, 1.82) is 0 Å². The van der Waals surface area contributed by atoms with Gasteiger partial charge < -0.3 is 10.1 Å². The topological polar surface area (TPSA) is 51.2 Å². The molecule has 1 heterocycles. The molecule has 3 aromatic rings. The van der Waals surface area contributed by atoms with Gasteiger partial charge in [0.2, 0.25) is 0 Å². The minimum absolute atomic E-state index is 0.0633. The van der Waals surface area contributed by atoms with E-state index in [4.69, 9.17) is 4.74 Å². The number of thiazole rings is 1. The number of rotatable bonds is 7. The maximum Gasteiger partial charge on any atom is 0.251 e. The van der Waals surface area contributed by atoms with Crippen LogP contribution < -0.4 is 10.1 Å². The lowest BCUT2D eigenvalue weighted by atomic mass is 10.0. The first-order chi connectivity index (χ1) is 13.2. The van der Waals surface area contributed by atoms with Crippen LogP contribution in [0, 0.1) is 12.8 Å². The second-order valence-electron chi connectivity index (χ2n) is 7.00. The monoisotopic (exact) mass is 378 g/mol. The van der Waals surface area contributed by atoms with Crippen LogP contribution in [-0.2, 0) is 6.61 Å². The summed E-state index contributed by atoms with van der Waals surface area (Å²) in [6.45, 7) is 2.48. The Morgan fingerprint density at radius 2 is 2.07 bits per heavy atom. The predicted molar refractivity (Wildman–Crippen MR) is 107 cm³/mol. The number of hydrogen-bond acceptors (Lipinski definition) is 4. The number of aryl methyl sites for hydroxylation is 1. The molecule has 1 fully saturated rings. The van der Waals surface area contributed by atoms with Crippen LogP contribution in [-0.4, -0.2) is 10.9 Å². The van der Waals surface area contributed by atoms with Gasteiger partial charge in [-0.1, -0.05) is 35.9 Å². The summed E-state index contributed by atoms with van der Waals surface area (Å²) in [4.78, 5) is 17.0. The summed E-state index contributed by atoms with van der Waals surface area (Å²) in [5.41, 5.74) is 5.69. The van der Waals surface area contributed by atoms with Gasteiger partial charge in [0, 0.05) is 10.9 Å². The summed E-state index contributed by atoms with van der Waals surface area (Å²) >= 11 is 1.54. The number of nitrogens with one attached hydrogen (secondary N) is 1. The quantitative estimate of drug-likeness (QED) is 0.635. The molecule has 1 aromatic heterocycles. The zero-order chi connectivity index (χ0) is 18.6. The molecule has 1 saturated carbocycles. The fourth-order valence-electron chi connectivity index (χ4n) is 3.09. The fourth-order valence-corrected chi connectivity index (χ4v) is 3.64. The van der Waals surface area contributed by atoms with Crippen LogP contribution in [0.5, 0.6) is 5.75 Å². The molecule has 1 amide bonds. The minimum Gasteiger partial charge on any atom is -0.487 e. The highest BCUT2D eigenvalue weighted by molar-refractivity contribution is 7.07. The van der Waals surface area contributed by atoms with Crippen LogP contribution in [0.3, 0.4) is 0 Å². The van der Waals surface area contributed by atoms with Gasteiger partial charge in [-0.05, 0) is 49.4 Å². The Balaban J connectivity index is 1.45. The highest BCUT2D eigenvalue weighted by Gasteiger charge is 2.33. The van der Waals surface area contributed by atoms with Crippen molar-refractivity contribution >= 4 is 17.2 Å². The van der Waals surface area contributed by atoms with E-state index in [2.05, 4.69) is 41.5 Å². The van der Waals surface area contributed by atoms with E-state index in [9.17, 15) is 4.79 Å². The number of aromatic nitrogens is 1. The molecule has 138 valence electrons. The predicted octanol–water partition coefficient (Wildman–Crippen LogP) is 4.91. The molecule has 4 rings (SSSR count). The Labute approximate surface area is 163 Å². The molecule has 0 bridgehead atoms. The van der Waals surface area contributed by atoms with Crippen molar-refractivity contribution in [3.05, 3.63) is 81.8 Å². The molecule has 4 nitrogen and oxygen atoms in total. The molecule has 1 N–H and O–H groups in total. The Hall–Kier alpha value is -2.66. The van der Waals surface area contributed by atoms with E-state index in [1.54, 1.807) is 22.9 Å². The first kappa shape index (κ1) is 17.7. The van der Waals surface area contributed by atoms with Gasteiger partial charge in [-0.25, -0.2) is 4.98 Å². The molecule has 1 aliphatic carbocycles. The van der Waals surface area contributed by atoms with Crippen LogP contribution in [0.1, 0.15) is 46.1 Å². The van der Waals surface area contributed by atoms with E-state index in [0.29, 0.717) is 23.8 Å². The van der Waals surface area contributed by atoms with Gasteiger partial charge >= 0.3 is 0 Å². The molecule has 5 heteroatoms. The molecule has 0 radical (unpaired) electrons. The van der Waals surface area contributed by atoms with Crippen LogP contribution in [0.4, 0.5) is 0 Å². The van der Waals surface area contributed by atoms with Crippen molar-refractivity contribution < 1.29 is 9.53 Å². The summed E-state index contributed by atoms with van der Waals surface area (Å²) in [5, 5.41) is 5.18. The highest BCUT2D eigenvalue weighted by Crippen LogP contribution is 2.41. The Morgan fingerprint density at radius 1 is 1.26 bits per heavy atom. The summed E-state index contributed by atoms with van der Waals surface area (Å²) in [6, 6.07) is 15.8. The summed E-state index contributed by atoms with van der Waals surface area (Å²) in [5.74, 6) is 1.14. The van der Waals surface area contributed by atoms with Crippen LogP contribution >= 0.6 is 11.3 Å². The van der Waals surface area contributed by atoms with Gasteiger partial charge in [-0.3, -0.25) is 4.79 Å². The lowest BCUT2D eigenvalue weighted by Crippen LogP contribution is -2.29. The number of ether oxygens (including phenoxy) is 1. The molecular formula is C22H22N2O2S. The zero-order valence-corrected chi connectivity index (χ0v) is 16.0. The number of hydrogen-bond donors (Lipinski definition) is 1. The average molecular weight is 378 g/mol. The van der Waals surface area contributed by atoms with Gasteiger partial charge in [0.05, 0.1) is 17.2 Å². The van der Waals surface area contributed by atoms with E-state index in [1.807, 2.05) is 23.6 Å². The van der Waals surface area contributed by atoms with E-state index >= 15 is 0 Å². The van der Waals surface area contributed by atoms with E-state index in [0.717, 1.165) is 18.5 Å². The van der Waals surface area contributed by atoms with Gasteiger partial charge in [-0.2, -0.15) is 0 Å². The van der Waals surface area contributed by atoms with Gasteiger partial charge in [0.25, 0.3) is 5.91 Å². The molecule has 0 saturated heterocycles. The standard InChI is InChI=1S/C22H22N2O2S/c1-15-5-7-16(8-6-15)21(17-9-10-17)24-22(25)18-3-2-4-20(11-18)26-12-19-13-27-14-23-19/h2-8,11,13-14,17,21H,9-10,12H2,1H3,(H,24,25). The fraction of sp³-hybridized carbons (Fsp3) is 0.273. The smallest absolute Gasteiger partial charge is 0.251 e. The Morgan fingerprint density at radius 3 is 2.78 bits per heavy atom. The molecule has 27 heavy (non-hydrogen) atoms. The van der Waals surface area contributed by atoms with Crippen molar-refractivity contribution in [2.45, 2.75) is 32.4 Å². The minimum atomic E-state index is -0.0633. The van der Waals surface area contributed by atoms with Crippen LogP contribution in [0.25, 0.3) is 0 Å². The summed E-state index contributed by atoms with van der Waals surface area (Å²) in [7, 11) is 0.